The number of rotatable bonds is 19. The molecule has 0 unspecified atom stereocenters. The minimum Gasteiger partial charge on any atom is -0.465 e. The van der Waals surface area contributed by atoms with Crippen molar-refractivity contribution in [3.8, 4) is 0 Å². The Labute approximate surface area is 360 Å². The van der Waals surface area contributed by atoms with Gasteiger partial charge in [-0.25, -0.2) is 14.4 Å². The van der Waals surface area contributed by atoms with Crippen molar-refractivity contribution in [3.63, 3.8) is 0 Å². The van der Waals surface area contributed by atoms with Gasteiger partial charge in [0.15, 0.2) is 30.7 Å². The Balaban J connectivity index is 1.81. The van der Waals surface area contributed by atoms with Gasteiger partial charge < -0.3 is 57.2 Å². The molecule has 0 spiro atoms. The molecule has 2 heterocycles. The Morgan fingerprint density at radius 1 is 0.873 bits per heavy atom. The van der Waals surface area contributed by atoms with Crippen molar-refractivity contribution >= 4 is 41.8 Å². The topological polar surface area (TPSA) is 290 Å². The molecule has 22 nitrogen and oxygen atoms in total. The number of azide groups is 1. The number of aliphatic hydroxyl groups is 1. The molecule has 0 saturated carbocycles. The van der Waals surface area contributed by atoms with Gasteiger partial charge in [0.2, 0.25) is 0 Å². The fourth-order valence-electron chi connectivity index (χ4n) is 6.65. The second kappa shape index (κ2) is 23.1. The SMILES string of the molecule is C=CCO[C@H]1O[C@H](CO[C@]2(C(=O)OC)C[C@H](OC(C)=O)[C@@H](N=[N+]=[N-])[C@H]([C@H](OC(C)=O)[C@@H](COC(C)=O)OC(C)=O)O2)[C@H](O)[C@H](OC(=O)c2ccccc2)[C@H]1OC(=O)c1ccccc1. The maximum absolute atomic E-state index is 13.9. The van der Waals surface area contributed by atoms with E-state index in [1.54, 1.807) is 36.4 Å². The van der Waals surface area contributed by atoms with Gasteiger partial charge in [-0.1, -0.05) is 47.6 Å². The summed E-state index contributed by atoms with van der Waals surface area (Å²) < 4.78 is 62.3. The van der Waals surface area contributed by atoms with E-state index in [-0.39, 0.29) is 17.7 Å². The fourth-order valence-corrected chi connectivity index (χ4v) is 6.65. The van der Waals surface area contributed by atoms with Gasteiger partial charge in [-0.05, 0) is 29.8 Å². The average Bonchev–Trinajstić information content (AvgIpc) is 3.25. The third-order valence-electron chi connectivity index (χ3n) is 9.26. The van der Waals surface area contributed by atoms with Crippen LogP contribution in [0, 0.1) is 0 Å². The smallest absolute Gasteiger partial charge is 0.366 e. The summed E-state index contributed by atoms with van der Waals surface area (Å²) >= 11 is 0. The first-order chi connectivity index (χ1) is 30.0. The molecule has 2 aromatic rings. The van der Waals surface area contributed by atoms with E-state index in [2.05, 4.69) is 16.6 Å². The Hall–Kier alpha value is -6.42. The van der Waals surface area contributed by atoms with E-state index in [1.165, 1.54) is 30.3 Å². The highest BCUT2D eigenvalue weighted by molar-refractivity contribution is 5.90. The van der Waals surface area contributed by atoms with Gasteiger partial charge >= 0.3 is 41.8 Å². The Kier molecular flexibility index (Phi) is 18.1. The van der Waals surface area contributed by atoms with Crippen molar-refractivity contribution in [2.24, 2.45) is 5.11 Å². The highest BCUT2D eigenvalue weighted by Gasteiger charge is 2.60. The molecule has 2 aliphatic heterocycles. The van der Waals surface area contributed by atoms with Gasteiger partial charge in [0.25, 0.3) is 5.79 Å². The lowest BCUT2D eigenvalue weighted by Crippen LogP contribution is -2.66. The van der Waals surface area contributed by atoms with Crippen molar-refractivity contribution in [2.75, 3.05) is 26.9 Å². The maximum Gasteiger partial charge on any atom is 0.366 e. The van der Waals surface area contributed by atoms with Crippen LogP contribution in [0.2, 0.25) is 0 Å². The van der Waals surface area contributed by atoms with Gasteiger partial charge in [-0.3, -0.25) is 19.2 Å². The summed E-state index contributed by atoms with van der Waals surface area (Å²) in [7, 11) is 0.938. The van der Waals surface area contributed by atoms with E-state index in [0.29, 0.717) is 0 Å². The summed E-state index contributed by atoms with van der Waals surface area (Å²) in [5.74, 6) is -9.69. The van der Waals surface area contributed by atoms with Crippen LogP contribution in [-0.4, -0.2) is 141 Å². The molecule has 0 aliphatic carbocycles. The molecule has 2 fully saturated rings. The Morgan fingerprint density at radius 3 is 1.97 bits per heavy atom. The van der Waals surface area contributed by atoms with Crippen molar-refractivity contribution in [1.29, 1.82) is 0 Å². The molecule has 2 aromatic carbocycles. The van der Waals surface area contributed by atoms with Crippen LogP contribution in [0.5, 0.6) is 0 Å². The fraction of sp³-hybridized carbons (Fsp3) is 0.488. The van der Waals surface area contributed by atoms with E-state index in [4.69, 9.17) is 52.1 Å². The quantitative estimate of drug-likeness (QED) is 0.0529. The minimum atomic E-state index is -2.74. The van der Waals surface area contributed by atoms with E-state index in [0.717, 1.165) is 34.8 Å². The number of ether oxygens (including phenoxy) is 11. The van der Waals surface area contributed by atoms with Gasteiger partial charge in [0.05, 0.1) is 37.9 Å². The predicted octanol–water partition coefficient (Wildman–Crippen LogP) is 2.44. The van der Waals surface area contributed by atoms with E-state index >= 15 is 0 Å². The van der Waals surface area contributed by atoms with Crippen LogP contribution in [0.1, 0.15) is 54.8 Å². The molecule has 4 rings (SSSR count). The summed E-state index contributed by atoms with van der Waals surface area (Å²) in [6, 6.07) is 13.7. The van der Waals surface area contributed by atoms with Crippen LogP contribution in [0.4, 0.5) is 0 Å². The molecule has 0 radical (unpaired) electrons. The number of carbonyl (C=O) groups excluding carboxylic acids is 7. The van der Waals surface area contributed by atoms with Crippen LogP contribution in [0.15, 0.2) is 78.4 Å². The zero-order chi connectivity index (χ0) is 46.3. The maximum atomic E-state index is 13.9. The first-order valence-corrected chi connectivity index (χ1v) is 19.2. The molecule has 0 amide bonds. The molecule has 1 N–H and O–H groups in total. The number of hydrogen-bond acceptors (Lipinski definition) is 20. The normalized spacial score (nSPS) is 26.2. The van der Waals surface area contributed by atoms with Crippen LogP contribution in [0.3, 0.4) is 0 Å². The number of aliphatic hydroxyl groups excluding tert-OH is 1. The van der Waals surface area contributed by atoms with E-state index < -0.39 is 128 Å². The van der Waals surface area contributed by atoms with Crippen molar-refractivity contribution in [2.45, 2.75) is 101 Å². The molecule has 11 atom stereocenters. The van der Waals surface area contributed by atoms with Crippen LogP contribution in [0.25, 0.3) is 10.4 Å². The lowest BCUT2D eigenvalue weighted by Gasteiger charge is -2.48. The van der Waals surface area contributed by atoms with Crippen LogP contribution < -0.4 is 0 Å². The lowest BCUT2D eigenvalue weighted by atomic mass is 9.88. The largest absolute Gasteiger partial charge is 0.465 e. The molecule has 0 bridgehead atoms. The van der Waals surface area contributed by atoms with Gasteiger partial charge in [0.1, 0.15) is 37.1 Å². The second-order valence-corrected chi connectivity index (χ2v) is 13.8. The molecule has 2 aliphatic rings. The summed E-state index contributed by atoms with van der Waals surface area (Å²) in [5.41, 5.74) is 9.78. The van der Waals surface area contributed by atoms with Gasteiger partial charge in [-0.15, -0.1) is 6.58 Å². The summed E-state index contributed by atoms with van der Waals surface area (Å²) in [6.45, 7) is 5.75. The molecule has 340 valence electrons. The Morgan fingerprint density at radius 2 is 1.46 bits per heavy atom. The molecule has 2 saturated heterocycles. The number of methoxy groups -OCH3 is 1. The molecule has 0 aromatic heterocycles. The third kappa shape index (κ3) is 13.3. The molecular weight excluding hydrogens is 838 g/mol. The number of nitrogens with zero attached hydrogens (tertiary/aromatic N) is 3. The van der Waals surface area contributed by atoms with Crippen molar-refractivity contribution < 1.29 is 90.8 Å². The predicted molar refractivity (Wildman–Crippen MR) is 209 cm³/mol. The second-order valence-electron chi connectivity index (χ2n) is 13.8. The van der Waals surface area contributed by atoms with Crippen LogP contribution in [-0.2, 0) is 76.1 Å². The summed E-state index contributed by atoms with van der Waals surface area (Å²) in [6.07, 6.45) is -15.2. The first-order valence-electron chi connectivity index (χ1n) is 19.2. The monoisotopic (exact) mass is 885 g/mol. The molecule has 63 heavy (non-hydrogen) atoms. The van der Waals surface area contributed by atoms with Crippen LogP contribution >= 0.6 is 0 Å². The van der Waals surface area contributed by atoms with E-state index in [1.807, 2.05) is 0 Å². The number of hydrogen-bond donors (Lipinski definition) is 1. The third-order valence-corrected chi connectivity index (χ3v) is 9.26. The number of carbonyl (C=O) groups is 7. The zero-order valence-corrected chi connectivity index (χ0v) is 34.8. The minimum absolute atomic E-state index is 0.0566. The average molecular weight is 886 g/mol. The summed E-state index contributed by atoms with van der Waals surface area (Å²) in [5, 5.41) is 15.6. The van der Waals surface area contributed by atoms with Crippen molar-refractivity contribution in [1.82, 2.24) is 0 Å². The van der Waals surface area contributed by atoms with Crippen molar-refractivity contribution in [3.05, 3.63) is 94.9 Å². The standard InChI is InChI=1S/C41H47N3O19/c1-7-18-54-39-36(62-38(51)27-16-12-9-13-17-27)35(61-37(50)26-14-10-8-11-15-26)32(49)29(60-39)21-56-41(40(52)53-6)19-28(57-23(3)46)31(43-44-42)34(63-41)33(59-25(5)48)30(58-24(4)47)20-55-22(2)45/h7-17,28-36,39,49H,1,18-21H2,2-6H3/t28-,29+,30+,31+,32-,33+,34+,35-,36+,39-,41+/m0/s1. The number of benzene rings is 2. The molecule has 22 heteroatoms. The lowest BCUT2D eigenvalue weighted by molar-refractivity contribution is -0.337. The highest BCUT2D eigenvalue weighted by atomic mass is 16.8. The van der Waals surface area contributed by atoms with Gasteiger partial charge in [-0.2, -0.15) is 0 Å². The Bertz CT molecular complexity index is 2000. The van der Waals surface area contributed by atoms with E-state index in [9.17, 15) is 44.2 Å². The zero-order valence-electron chi connectivity index (χ0n) is 34.8. The van der Waals surface area contributed by atoms with Gasteiger partial charge in [0, 0.05) is 32.6 Å². The first kappa shape index (κ1) is 49.2. The molecular formula is C41H47N3O19. The summed E-state index contributed by atoms with van der Waals surface area (Å²) in [4.78, 5) is 92.9. The highest BCUT2D eigenvalue weighted by Crippen LogP contribution is 2.39. The number of esters is 7.